The largest absolute Gasteiger partial charge is 0.469 e. The fourth-order valence-corrected chi connectivity index (χ4v) is 3.23. The molecule has 1 aromatic heterocycles. The van der Waals surface area contributed by atoms with E-state index in [4.69, 9.17) is 4.74 Å². The average molecular weight is 319 g/mol. The van der Waals surface area contributed by atoms with Gasteiger partial charge in [0.1, 0.15) is 5.69 Å². The van der Waals surface area contributed by atoms with Gasteiger partial charge in [0.05, 0.1) is 13.5 Å². The van der Waals surface area contributed by atoms with Crippen LogP contribution in [-0.2, 0) is 9.53 Å². The van der Waals surface area contributed by atoms with E-state index in [1.54, 1.807) is 0 Å². The molecule has 0 aromatic carbocycles. The van der Waals surface area contributed by atoms with Gasteiger partial charge in [0, 0.05) is 44.5 Å². The van der Waals surface area contributed by atoms with Gasteiger partial charge in [-0.3, -0.25) is 14.5 Å². The molecular formula is C17H25N3O3. The van der Waals surface area contributed by atoms with E-state index in [1.807, 2.05) is 30.2 Å². The summed E-state index contributed by atoms with van der Waals surface area (Å²) in [4.78, 5) is 28.3. The minimum Gasteiger partial charge on any atom is -0.469 e. The Balaban J connectivity index is 1.55. The van der Waals surface area contributed by atoms with Crippen LogP contribution >= 0.6 is 0 Å². The Morgan fingerprint density at radius 1 is 1.26 bits per heavy atom. The van der Waals surface area contributed by atoms with Crippen LogP contribution in [0.25, 0.3) is 0 Å². The zero-order valence-corrected chi connectivity index (χ0v) is 13.9. The van der Waals surface area contributed by atoms with E-state index in [-0.39, 0.29) is 17.9 Å². The van der Waals surface area contributed by atoms with Crippen LogP contribution in [-0.4, -0.2) is 65.6 Å². The molecule has 2 heterocycles. The average Bonchev–Trinajstić information content (AvgIpc) is 3.31. The van der Waals surface area contributed by atoms with E-state index in [1.165, 1.54) is 20.0 Å². The molecule has 6 nitrogen and oxygen atoms in total. The lowest BCUT2D eigenvalue weighted by molar-refractivity contribution is -0.142. The molecule has 1 saturated heterocycles. The first-order valence-corrected chi connectivity index (χ1v) is 8.37. The lowest BCUT2D eigenvalue weighted by Gasteiger charge is -2.37. The summed E-state index contributed by atoms with van der Waals surface area (Å²) in [5.41, 5.74) is 0.809. The highest BCUT2D eigenvalue weighted by Gasteiger charge is 2.30. The number of esters is 1. The number of amides is 1. The van der Waals surface area contributed by atoms with Gasteiger partial charge in [-0.1, -0.05) is 0 Å². The molecule has 1 atom stereocenters. The third kappa shape index (κ3) is 3.58. The van der Waals surface area contributed by atoms with Crippen LogP contribution in [0.3, 0.4) is 0 Å². The van der Waals surface area contributed by atoms with Crippen molar-refractivity contribution in [2.24, 2.45) is 0 Å². The summed E-state index contributed by atoms with van der Waals surface area (Å²) < 4.78 is 6.85. The van der Waals surface area contributed by atoms with Crippen molar-refractivity contribution < 1.29 is 14.3 Å². The Bertz CT molecular complexity index is 571. The van der Waals surface area contributed by atoms with Crippen molar-refractivity contribution in [1.29, 1.82) is 0 Å². The molecule has 2 aliphatic rings. The standard InChI is InChI=1S/C17H25N3O3/c1-13(12-16(21)23-2)18-8-10-19(11-9-18)17(22)15-4-3-7-20(15)14-5-6-14/h3-4,7,13-14H,5-6,8-12H2,1-2H3/t13-/m1/s1. The highest BCUT2D eigenvalue weighted by atomic mass is 16.5. The highest BCUT2D eigenvalue weighted by Crippen LogP contribution is 2.36. The predicted molar refractivity (Wildman–Crippen MR) is 86.3 cm³/mol. The minimum atomic E-state index is -0.182. The van der Waals surface area contributed by atoms with Crippen molar-refractivity contribution in [2.75, 3.05) is 33.3 Å². The molecule has 2 fully saturated rings. The second kappa shape index (κ2) is 6.74. The maximum absolute atomic E-state index is 12.7. The first-order valence-electron chi connectivity index (χ1n) is 8.37. The SMILES string of the molecule is COC(=O)C[C@@H](C)N1CCN(C(=O)c2cccn2C2CC2)CC1. The zero-order valence-electron chi connectivity index (χ0n) is 13.9. The first kappa shape index (κ1) is 16.1. The van der Waals surface area contributed by atoms with Gasteiger partial charge in [0.15, 0.2) is 0 Å². The maximum Gasteiger partial charge on any atom is 0.307 e. The fourth-order valence-electron chi connectivity index (χ4n) is 3.23. The number of ether oxygens (including phenoxy) is 1. The predicted octanol–water partition coefficient (Wildman–Crippen LogP) is 1.53. The third-order valence-electron chi connectivity index (χ3n) is 4.85. The van der Waals surface area contributed by atoms with Gasteiger partial charge in [0.2, 0.25) is 0 Å². The number of hydrogen-bond acceptors (Lipinski definition) is 4. The first-order chi connectivity index (χ1) is 11.1. The molecular weight excluding hydrogens is 294 g/mol. The maximum atomic E-state index is 12.7. The van der Waals surface area contributed by atoms with E-state index in [0.717, 1.165) is 18.8 Å². The molecule has 126 valence electrons. The Morgan fingerprint density at radius 2 is 1.96 bits per heavy atom. The van der Waals surface area contributed by atoms with Crippen LogP contribution in [0.15, 0.2) is 18.3 Å². The Hall–Kier alpha value is -1.82. The molecule has 0 spiro atoms. The Kier molecular flexibility index (Phi) is 4.71. The number of carbonyl (C=O) groups excluding carboxylic acids is 2. The second-order valence-electron chi connectivity index (χ2n) is 6.49. The Labute approximate surface area is 137 Å². The smallest absolute Gasteiger partial charge is 0.307 e. The van der Waals surface area contributed by atoms with Gasteiger partial charge < -0.3 is 14.2 Å². The summed E-state index contributed by atoms with van der Waals surface area (Å²) in [6.45, 7) is 5.05. The number of hydrogen-bond donors (Lipinski definition) is 0. The third-order valence-corrected chi connectivity index (χ3v) is 4.85. The molecule has 0 N–H and O–H groups in total. The Morgan fingerprint density at radius 3 is 2.57 bits per heavy atom. The summed E-state index contributed by atoms with van der Waals surface area (Å²) in [7, 11) is 1.42. The van der Waals surface area contributed by atoms with E-state index < -0.39 is 0 Å². The van der Waals surface area contributed by atoms with Gasteiger partial charge >= 0.3 is 5.97 Å². The quantitative estimate of drug-likeness (QED) is 0.773. The molecule has 1 aliphatic carbocycles. The van der Waals surface area contributed by atoms with Crippen LogP contribution in [0.4, 0.5) is 0 Å². The fraction of sp³-hybridized carbons (Fsp3) is 0.647. The molecule has 3 rings (SSSR count). The van der Waals surface area contributed by atoms with E-state index in [9.17, 15) is 9.59 Å². The number of methoxy groups -OCH3 is 1. The van der Waals surface area contributed by atoms with Crippen molar-refractivity contribution in [2.45, 2.75) is 38.3 Å². The lowest BCUT2D eigenvalue weighted by atomic mass is 10.1. The normalized spacial score (nSPS) is 20.3. The monoisotopic (exact) mass is 319 g/mol. The van der Waals surface area contributed by atoms with E-state index >= 15 is 0 Å². The zero-order chi connectivity index (χ0) is 16.4. The van der Waals surface area contributed by atoms with Gasteiger partial charge in [0.25, 0.3) is 5.91 Å². The van der Waals surface area contributed by atoms with Crippen LogP contribution < -0.4 is 0 Å². The molecule has 0 radical (unpaired) electrons. The van der Waals surface area contributed by atoms with Crippen LogP contribution in [0.1, 0.15) is 42.7 Å². The highest BCUT2D eigenvalue weighted by molar-refractivity contribution is 5.93. The number of piperazine rings is 1. The summed E-state index contributed by atoms with van der Waals surface area (Å²) in [6, 6.07) is 4.55. The van der Waals surface area contributed by atoms with Gasteiger partial charge in [-0.15, -0.1) is 0 Å². The van der Waals surface area contributed by atoms with Gasteiger partial charge in [-0.25, -0.2) is 0 Å². The van der Waals surface area contributed by atoms with Crippen LogP contribution in [0.2, 0.25) is 0 Å². The number of aromatic nitrogens is 1. The number of rotatable bonds is 5. The van der Waals surface area contributed by atoms with Crippen LogP contribution in [0, 0.1) is 0 Å². The number of nitrogens with zero attached hydrogens (tertiary/aromatic N) is 3. The van der Waals surface area contributed by atoms with Crippen molar-refractivity contribution >= 4 is 11.9 Å². The topological polar surface area (TPSA) is 54.8 Å². The van der Waals surface area contributed by atoms with E-state index in [2.05, 4.69) is 9.47 Å². The molecule has 1 aliphatic heterocycles. The molecule has 1 amide bonds. The number of carbonyl (C=O) groups is 2. The lowest BCUT2D eigenvalue weighted by Crippen LogP contribution is -2.52. The summed E-state index contributed by atoms with van der Waals surface area (Å²) >= 11 is 0. The summed E-state index contributed by atoms with van der Waals surface area (Å²) in [5.74, 6) is -0.0552. The summed E-state index contributed by atoms with van der Waals surface area (Å²) in [5, 5.41) is 0. The molecule has 0 bridgehead atoms. The molecule has 23 heavy (non-hydrogen) atoms. The van der Waals surface area contributed by atoms with E-state index in [0.29, 0.717) is 25.6 Å². The minimum absolute atomic E-state index is 0.127. The molecule has 0 unspecified atom stereocenters. The van der Waals surface area contributed by atoms with Gasteiger partial charge in [-0.2, -0.15) is 0 Å². The van der Waals surface area contributed by atoms with Crippen LogP contribution in [0.5, 0.6) is 0 Å². The van der Waals surface area contributed by atoms with Gasteiger partial charge in [-0.05, 0) is 31.9 Å². The molecule has 1 saturated carbocycles. The van der Waals surface area contributed by atoms with Crippen molar-refractivity contribution in [3.8, 4) is 0 Å². The van der Waals surface area contributed by atoms with Crippen molar-refractivity contribution in [1.82, 2.24) is 14.4 Å². The molecule has 1 aromatic rings. The molecule has 6 heteroatoms. The second-order valence-corrected chi connectivity index (χ2v) is 6.49. The summed E-state index contributed by atoms with van der Waals surface area (Å²) in [6.07, 6.45) is 4.76. The van der Waals surface area contributed by atoms with Crippen molar-refractivity contribution in [3.05, 3.63) is 24.0 Å². The van der Waals surface area contributed by atoms with Crippen molar-refractivity contribution in [3.63, 3.8) is 0 Å².